The van der Waals surface area contributed by atoms with Crippen molar-refractivity contribution in [2.45, 2.75) is 13.8 Å². The molecule has 2 rings (SSSR count). The number of carbonyl (C=O) groups excluding carboxylic acids is 1. The van der Waals surface area contributed by atoms with Crippen LogP contribution >= 0.6 is 0 Å². The van der Waals surface area contributed by atoms with Crippen molar-refractivity contribution in [3.05, 3.63) is 46.8 Å². The first-order valence-electron chi connectivity index (χ1n) is 6.29. The summed E-state index contributed by atoms with van der Waals surface area (Å²) in [7, 11) is 1.27. The molecule has 1 aromatic carbocycles. The number of benzene rings is 1. The summed E-state index contributed by atoms with van der Waals surface area (Å²) in [6.07, 6.45) is 0. The number of aromatic nitrogens is 1. The van der Waals surface area contributed by atoms with Crippen LogP contribution in [0.15, 0.2) is 30.0 Å². The Morgan fingerprint density at radius 1 is 1.38 bits per heavy atom. The van der Waals surface area contributed by atoms with Crippen LogP contribution < -0.4 is 0 Å². The molecule has 0 aliphatic heterocycles. The minimum atomic E-state index is -0.588. The molecule has 0 spiro atoms. The molecule has 0 fully saturated rings. The van der Waals surface area contributed by atoms with E-state index < -0.39 is 5.97 Å². The number of aliphatic hydroxyl groups excluding tert-OH is 1. The van der Waals surface area contributed by atoms with Crippen LogP contribution in [0.3, 0.4) is 0 Å². The lowest BCUT2D eigenvalue weighted by Gasteiger charge is -2.12. The van der Waals surface area contributed by atoms with Crippen molar-refractivity contribution >= 4 is 22.4 Å². The number of pyridine rings is 1. The summed E-state index contributed by atoms with van der Waals surface area (Å²) in [5.74, 6) is -0.778. The lowest BCUT2D eigenvalue weighted by atomic mass is 9.97. The van der Waals surface area contributed by atoms with Crippen LogP contribution in [0.25, 0.3) is 16.5 Å². The third kappa shape index (κ3) is 2.43. The molecule has 0 saturated heterocycles. The Labute approximate surface area is 122 Å². The van der Waals surface area contributed by atoms with E-state index in [0.717, 1.165) is 5.39 Å². The van der Waals surface area contributed by atoms with Crippen molar-refractivity contribution < 1.29 is 14.6 Å². The number of aryl methyl sites for hydroxylation is 1. The molecule has 0 atom stereocenters. The van der Waals surface area contributed by atoms with E-state index >= 15 is 0 Å². The van der Waals surface area contributed by atoms with Gasteiger partial charge in [-0.2, -0.15) is 5.26 Å². The molecule has 0 unspecified atom stereocenters. The van der Waals surface area contributed by atoms with Gasteiger partial charge in [0.25, 0.3) is 0 Å². The standard InChI is InChI=1S/C16H14N2O3/c1-9-11-6-4-5-7-13(11)18-15(12(8-17)10(2)19)14(9)16(20)21-3/h4-7,19H,1-3H3/b12-10+. The lowest BCUT2D eigenvalue weighted by Crippen LogP contribution is -2.11. The molecule has 0 aliphatic carbocycles. The smallest absolute Gasteiger partial charge is 0.340 e. The van der Waals surface area contributed by atoms with Gasteiger partial charge in [-0.05, 0) is 25.5 Å². The molecule has 21 heavy (non-hydrogen) atoms. The first-order chi connectivity index (χ1) is 10.0. The number of allylic oxidation sites excluding steroid dienone is 2. The third-order valence-corrected chi connectivity index (χ3v) is 3.25. The zero-order chi connectivity index (χ0) is 15.6. The minimum Gasteiger partial charge on any atom is -0.511 e. The highest BCUT2D eigenvalue weighted by Crippen LogP contribution is 2.28. The van der Waals surface area contributed by atoms with E-state index in [9.17, 15) is 15.2 Å². The van der Waals surface area contributed by atoms with Crippen LogP contribution in [0.2, 0.25) is 0 Å². The number of aliphatic hydroxyl groups is 1. The van der Waals surface area contributed by atoms with E-state index in [1.807, 2.05) is 24.3 Å². The van der Waals surface area contributed by atoms with Crippen molar-refractivity contribution in [2.75, 3.05) is 7.11 Å². The third-order valence-electron chi connectivity index (χ3n) is 3.25. The van der Waals surface area contributed by atoms with Crippen molar-refractivity contribution in [3.63, 3.8) is 0 Å². The maximum absolute atomic E-state index is 12.1. The van der Waals surface area contributed by atoms with Gasteiger partial charge in [0.05, 0.1) is 23.9 Å². The highest BCUT2D eigenvalue weighted by molar-refractivity contribution is 6.02. The van der Waals surface area contributed by atoms with Gasteiger partial charge in [0.15, 0.2) is 0 Å². The van der Waals surface area contributed by atoms with E-state index in [-0.39, 0.29) is 22.6 Å². The van der Waals surface area contributed by atoms with Gasteiger partial charge >= 0.3 is 5.97 Å². The second kappa shape index (κ2) is 5.63. The molecule has 0 radical (unpaired) electrons. The predicted molar refractivity (Wildman–Crippen MR) is 78.7 cm³/mol. The number of hydrogen-bond donors (Lipinski definition) is 1. The summed E-state index contributed by atoms with van der Waals surface area (Å²) in [6, 6.07) is 9.18. The molecule has 0 saturated carbocycles. The van der Waals surface area contributed by atoms with E-state index in [2.05, 4.69) is 4.98 Å². The molecular weight excluding hydrogens is 268 g/mol. The summed E-state index contributed by atoms with van der Waals surface area (Å²) < 4.78 is 4.79. The van der Waals surface area contributed by atoms with E-state index in [4.69, 9.17) is 4.74 Å². The quantitative estimate of drug-likeness (QED) is 0.519. The Hall–Kier alpha value is -2.87. The summed E-state index contributed by atoms with van der Waals surface area (Å²) in [6.45, 7) is 3.15. The number of methoxy groups -OCH3 is 1. The fourth-order valence-electron chi connectivity index (χ4n) is 2.21. The van der Waals surface area contributed by atoms with Gasteiger partial charge in [0.2, 0.25) is 0 Å². The highest BCUT2D eigenvalue weighted by Gasteiger charge is 2.23. The van der Waals surface area contributed by atoms with Crippen LogP contribution in [0, 0.1) is 18.3 Å². The zero-order valence-electron chi connectivity index (χ0n) is 12.0. The van der Waals surface area contributed by atoms with Gasteiger partial charge in [-0.15, -0.1) is 0 Å². The fourth-order valence-corrected chi connectivity index (χ4v) is 2.21. The number of esters is 1. The van der Waals surface area contributed by atoms with Gasteiger partial charge in [0, 0.05) is 5.39 Å². The number of nitriles is 1. The van der Waals surface area contributed by atoms with Crippen LogP contribution in [0.4, 0.5) is 0 Å². The summed E-state index contributed by atoms with van der Waals surface area (Å²) in [4.78, 5) is 16.4. The van der Waals surface area contributed by atoms with E-state index in [1.54, 1.807) is 13.0 Å². The second-order valence-corrected chi connectivity index (χ2v) is 4.54. The Morgan fingerprint density at radius 2 is 2.05 bits per heavy atom. The number of carbonyl (C=O) groups is 1. The molecule has 106 valence electrons. The molecule has 2 aromatic rings. The largest absolute Gasteiger partial charge is 0.511 e. The molecule has 0 amide bonds. The first kappa shape index (κ1) is 14.5. The van der Waals surface area contributed by atoms with Gasteiger partial charge in [0.1, 0.15) is 17.4 Å². The van der Waals surface area contributed by atoms with Gasteiger partial charge < -0.3 is 9.84 Å². The Balaban J connectivity index is 2.95. The summed E-state index contributed by atoms with van der Waals surface area (Å²) in [5.41, 5.74) is 1.61. The van der Waals surface area contributed by atoms with Crippen molar-refractivity contribution in [2.24, 2.45) is 0 Å². The van der Waals surface area contributed by atoms with Crippen LogP contribution in [-0.4, -0.2) is 23.2 Å². The monoisotopic (exact) mass is 282 g/mol. The molecule has 1 aromatic heterocycles. The molecule has 5 nitrogen and oxygen atoms in total. The number of para-hydroxylation sites is 1. The van der Waals surface area contributed by atoms with Crippen LogP contribution in [0.1, 0.15) is 28.5 Å². The number of fused-ring (bicyclic) bond motifs is 1. The number of rotatable bonds is 2. The molecule has 1 N–H and O–H groups in total. The maximum Gasteiger partial charge on any atom is 0.340 e. The number of nitrogens with zero attached hydrogens (tertiary/aromatic N) is 2. The number of hydrogen-bond acceptors (Lipinski definition) is 5. The van der Waals surface area contributed by atoms with Gasteiger partial charge in [-0.3, -0.25) is 0 Å². The normalized spacial score (nSPS) is 11.7. The Kier molecular flexibility index (Phi) is 3.90. The lowest BCUT2D eigenvalue weighted by molar-refractivity contribution is 0.0599. The summed E-state index contributed by atoms with van der Waals surface area (Å²) >= 11 is 0. The van der Waals surface area contributed by atoms with Crippen LogP contribution in [0.5, 0.6) is 0 Å². The van der Waals surface area contributed by atoms with Crippen molar-refractivity contribution in [3.8, 4) is 6.07 Å². The summed E-state index contributed by atoms with van der Waals surface area (Å²) in [5, 5.41) is 19.7. The predicted octanol–water partition coefficient (Wildman–Crippen LogP) is 3.14. The number of ether oxygens (including phenoxy) is 1. The van der Waals surface area contributed by atoms with E-state index in [1.165, 1.54) is 14.0 Å². The van der Waals surface area contributed by atoms with Gasteiger partial charge in [-0.25, -0.2) is 9.78 Å². The highest BCUT2D eigenvalue weighted by atomic mass is 16.5. The SMILES string of the molecule is COC(=O)c1c(/C(C#N)=C(\C)O)nc2ccccc2c1C. The Morgan fingerprint density at radius 3 is 2.62 bits per heavy atom. The fraction of sp³-hybridized carbons (Fsp3) is 0.188. The molecule has 0 aliphatic rings. The first-order valence-corrected chi connectivity index (χ1v) is 6.29. The van der Waals surface area contributed by atoms with Gasteiger partial charge in [-0.1, -0.05) is 18.2 Å². The Bertz CT molecular complexity index is 797. The molecular formula is C16H14N2O3. The molecule has 1 heterocycles. The maximum atomic E-state index is 12.1. The molecule has 5 heteroatoms. The average Bonchev–Trinajstić information content (AvgIpc) is 2.47. The second-order valence-electron chi connectivity index (χ2n) is 4.54. The van der Waals surface area contributed by atoms with Crippen molar-refractivity contribution in [1.82, 2.24) is 4.98 Å². The molecule has 0 bridgehead atoms. The van der Waals surface area contributed by atoms with Crippen molar-refractivity contribution in [1.29, 1.82) is 5.26 Å². The average molecular weight is 282 g/mol. The topological polar surface area (TPSA) is 83.2 Å². The zero-order valence-corrected chi connectivity index (χ0v) is 12.0. The van der Waals surface area contributed by atoms with E-state index in [0.29, 0.717) is 11.1 Å². The minimum absolute atomic E-state index is 0.0377. The van der Waals surface area contributed by atoms with Crippen LogP contribution in [-0.2, 0) is 4.74 Å².